The minimum atomic E-state index is -0.229. The number of para-hydroxylation sites is 2. The van der Waals surface area contributed by atoms with E-state index < -0.39 is 0 Å². The molecule has 30 heavy (non-hydrogen) atoms. The molecule has 7 heteroatoms. The number of hydrogen-bond acceptors (Lipinski definition) is 6. The molecule has 7 nitrogen and oxygen atoms in total. The van der Waals surface area contributed by atoms with Crippen LogP contribution in [0.2, 0.25) is 0 Å². The van der Waals surface area contributed by atoms with E-state index in [1.807, 2.05) is 44.2 Å². The van der Waals surface area contributed by atoms with Gasteiger partial charge in [-0.15, -0.1) is 0 Å². The third-order valence-corrected chi connectivity index (χ3v) is 5.04. The van der Waals surface area contributed by atoms with Gasteiger partial charge in [-0.05, 0) is 44.2 Å². The zero-order valence-electron chi connectivity index (χ0n) is 17.3. The summed E-state index contributed by atoms with van der Waals surface area (Å²) in [5.74, 6) is 2.66. The minimum absolute atomic E-state index is 0.111. The van der Waals surface area contributed by atoms with E-state index >= 15 is 0 Å². The fourth-order valence-electron chi connectivity index (χ4n) is 3.34. The van der Waals surface area contributed by atoms with Gasteiger partial charge in [0.1, 0.15) is 24.7 Å². The van der Waals surface area contributed by atoms with Crippen molar-refractivity contribution in [2.45, 2.75) is 26.6 Å². The molecule has 0 saturated carbocycles. The predicted octanol–water partition coefficient (Wildman–Crippen LogP) is 3.78. The van der Waals surface area contributed by atoms with Gasteiger partial charge >= 0.3 is 0 Å². The number of carbonyl (C=O) groups excluding carboxylic acids is 1. The molecule has 0 spiro atoms. The first-order valence-corrected chi connectivity index (χ1v) is 9.80. The third-order valence-electron chi connectivity index (χ3n) is 5.04. The topological polar surface area (TPSA) is 74.0 Å². The highest BCUT2D eigenvalue weighted by Crippen LogP contribution is 2.31. The van der Waals surface area contributed by atoms with Gasteiger partial charge in [-0.2, -0.15) is 0 Å². The second-order valence-electron chi connectivity index (χ2n) is 7.30. The van der Waals surface area contributed by atoms with E-state index in [1.165, 1.54) is 0 Å². The Morgan fingerprint density at radius 2 is 1.97 bits per heavy atom. The standard InChI is InChI=1S/C23H24N2O5/c1-15-20(16(2)30-24-15)14-27-18-8-6-7-17(11-18)23(26)25(3)12-19-13-28-21-9-4-5-10-22(21)29-19/h4-11,19H,12-14H2,1-3H3/t19-/m1/s1. The molecule has 1 aromatic heterocycles. The summed E-state index contributed by atoms with van der Waals surface area (Å²) in [6.45, 7) is 4.87. The van der Waals surface area contributed by atoms with E-state index in [1.54, 1.807) is 30.1 Å². The highest BCUT2D eigenvalue weighted by atomic mass is 16.6. The van der Waals surface area contributed by atoms with Crippen LogP contribution in [0.4, 0.5) is 0 Å². The number of hydrogen-bond donors (Lipinski definition) is 0. The average molecular weight is 408 g/mol. The number of nitrogens with zero attached hydrogens (tertiary/aromatic N) is 2. The molecule has 1 atom stereocenters. The molecular weight excluding hydrogens is 384 g/mol. The van der Waals surface area contributed by atoms with Crippen molar-refractivity contribution in [2.75, 3.05) is 20.2 Å². The predicted molar refractivity (Wildman–Crippen MR) is 110 cm³/mol. The van der Waals surface area contributed by atoms with Crippen LogP contribution in [0.25, 0.3) is 0 Å². The Kier molecular flexibility index (Phi) is 5.61. The van der Waals surface area contributed by atoms with Crippen molar-refractivity contribution >= 4 is 5.91 Å². The molecule has 0 aliphatic carbocycles. The van der Waals surface area contributed by atoms with Gasteiger partial charge in [-0.1, -0.05) is 23.4 Å². The molecule has 1 amide bonds. The number of aryl methyl sites for hydroxylation is 2. The van der Waals surface area contributed by atoms with E-state index in [0.717, 1.165) is 22.8 Å². The SMILES string of the molecule is Cc1noc(C)c1COc1cccc(C(=O)N(C)C[C@@H]2COc3ccccc3O2)c1. The Balaban J connectivity index is 1.38. The van der Waals surface area contributed by atoms with E-state index in [2.05, 4.69) is 5.16 Å². The molecule has 1 aliphatic heterocycles. The maximum Gasteiger partial charge on any atom is 0.253 e. The van der Waals surface area contributed by atoms with Crippen LogP contribution in [0.5, 0.6) is 17.2 Å². The van der Waals surface area contributed by atoms with E-state index in [-0.39, 0.29) is 12.0 Å². The molecule has 0 radical (unpaired) electrons. The number of ether oxygens (including phenoxy) is 3. The minimum Gasteiger partial charge on any atom is -0.489 e. The number of rotatable bonds is 6. The van der Waals surface area contributed by atoms with Crippen molar-refractivity contribution in [1.29, 1.82) is 0 Å². The van der Waals surface area contributed by atoms with E-state index in [0.29, 0.717) is 36.8 Å². The first-order chi connectivity index (χ1) is 14.5. The number of fused-ring (bicyclic) bond motifs is 1. The summed E-state index contributed by atoms with van der Waals surface area (Å²) in [4.78, 5) is 14.5. The Hall–Kier alpha value is -3.48. The number of aromatic nitrogens is 1. The molecule has 4 rings (SSSR count). The Labute approximate surface area is 175 Å². The van der Waals surface area contributed by atoms with Gasteiger partial charge in [0.25, 0.3) is 5.91 Å². The third kappa shape index (κ3) is 4.25. The summed E-state index contributed by atoms with van der Waals surface area (Å²) in [6, 6.07) is 14.7. The van der Waals surface area contributed by atoms with Gasteiger partial charge in [0, 0.05) is 12.6 Å². The zero-order chi connectivity index (χ0) is 21.1. The van der Waals surface area contributed by atoms with Crippen molar-refractivity contribution in [3.05, 3.63) is 71.1 Å². The molecule has 0 saturated heterocycles. The van der Waals surface area contributed by atoms with Crippen molar-refractivity contribution < 1.29 is 23.5 Å². The summed E-state index contributed by atoms with van der Waals surface area (Å²) in [7, 11) is 1.75. The van der Waals surface area contributed by atoms with Gasteiger partial charge in [0.05, 0.1) is 17.8 Å². The van der Waals surface area contributed by atoms with Crippen molar-refractivity contribution in [2.24, 2.45) is 0 Å². The van der Waals surface area contributed by atoms with Crippen LogP contribution in [-0.2, 0) is 6.61 Å². The highest BCUT2D eigenvalue weighted by Gasteiger charge is 2.24. The summed E-state index contributed by atoms with van der Waals surface area (Å²) in [5, 5.41) is 3.93. The van der Waals surface area contributed by atoms with Gasteiger partial charge in [-0.3, -0.25) is 4.79 Å². The number of amides is 1. The summed E-state index contributed by atoms with van der Waals surface area (Å²) in [5.41, 5.74) is 2.26. The first kappa shape index (κ1) is 19.8. The van der Waals surface area contributed by atoms with Gasteiger partial charge < -0.3 is 23.6 Å². The fraction of sp³-hybridized carbons (Fsp3) is 0.304. The molecule has 1 aliphatic rings. The van der Waals surface area contributed by atoms with Gasteiger partial charge in [-0.25, -0.2) is 0 Å². The number of likely N-dealkylation sites (N-methyl/N-ethyl adjacent to an activating group) is 1. The number of carbonyl (C=O) groups is 1. The van der Waals surface area contributed by atoms with Crippen LogP contribution in [0, 0.1) is 13.8 Å². The Bertz CT molecular complexity index is 1030. The Morgan fingerprint density at radius 3 is 2.73 bits per heavy atom. The van der Waals surface area contributed by atoms with Gasteiger partial charge in [0.15, 0.2) is 17.6 Å². The van der Waals surface area contributed by atoms with Gasteiger partial charge in [0.2, 0.25) is 0 Å². The number of benzene rings is 2. The molecule has 0 bridgehead atoms. The van der Waals surface area contributed by atoms with E-state index in [4.69, 9.17) is 18.7 Å². The zero-order valence-corrected chi connectivity index (χ0v) is 17.3. The fourth-order valence-corrected chi connectivity index (χ4v) is 3.34. The lowest BCUT2D eigenvalue weighted by molar-refractivity contribution is 0.0520. The van der Waals surface area contributed by atoms with Crippen molar-refractivity contribution in [1.82, 2.24) is 10.1 Å². The lowest BCUT2D eigenvalue weighted by atomic mass is 10.1. The van der Waals surface area contributed by atoms with E-state index in [9.17, 15) is 4.79 Å². The van der Waals surface area contributed by atoms with Crippen LogP contribution in [-0.4, -0.2) is 42.3 Å². The van der Waals surface area contributed by atoms with Crippen molar-refractivity contribution in [3.8, 4) is 17.2 Å². The molecule has 0 unspecified atom stereocenters. The monoisotopic (exact) mass is 408 g/mol. The Morgan fingerprint density at radius 1 is 1.17 bits per heavy atom. The smallest absolute Gasteiger partial charge is 0.253 e. The second-order valence-corrected chi connectivity index (χ2v) is 7.30. The van der Waals surface area contributed by atoms with Crippen LogP contribution < -0.4 is 14.2 Å². The van der Waals surface area contributed by atoms with Crippen LogP contribution in [0.15, 0.2) is 53.1 Å². The molecule has 3 aromatic rings. The molecule has 2 aromatic carbocycles. The quantitative estimate of drug-likeness (QED) is 0.618. The lowest BCUT2D eigenvalue weighted by Gasteiger charge is -2.29. The van der Waals surface area contributed by atoms with Crippen molar-refractivity contribution in [3.63, 3.8) is 0 Å². The molecule has 156 valence electrons. The summed E-state index contributed by atoms with van der Waals surface area (Å²) >= 11 is 0. The molecule has 0 N–H and O–H groups in total. The largest absolute Gasteiger partial charge is 0.489 e. The molecule has 0 fully saturated rings. The van der Waals surface area contributed by atoms with Crippen LogP contribution in [0.3, 0.4) is 0 Å². The lowest BCUT2D eigenvalue weighted by Crippen LogP contribution is -2.41. The molecular formula is C23H24N2O5. The maximum absolute atomic E-state index is 12.9. The average Bonchev–Trinajstić information content (AvgIpc) is 3.09. The van der Waals surface area contributed by atoms with Crippen LogP contribution in [0.1, 0.15) is 27.4 Å². The summed E-state index contributed by atoms with van der Waals surface area (Å²) in [6.07, 6.45) is -0.229. The highest BCUT2D eigenvalue weighted by molar-refractivity contribution is 5.94. The first-order valence-electron chi connectivity index (χ1n) is 9.80. The normalized spacial score (nSPS) is 15.0. The maximum atomic E-state index is 12.9. The summed E-state index contributed by atoms with van der Waals surface area (Å²) < 4.78 is 22.7. The second kappa shape index (κ2) is 8.49. The van der Waals surface area contributed by atoms with Crippen LogP contribution >= 0.6 is 0 Å². The molecule has 2 heterocycles.